The first-order valence-electron chi connectivity index (χ1n) is 10.5. The highest BCUT2D eigenvalue weighted by Crippen LogP contribution is 2.28. The molecular formula is C24H24ClN5O2S. The molecule has 33 heavy (non-hydrogen) atoms. The Hall–Kier alpha value is -3.10. The largest absolute Gasteiger partial charge is 0.310 e. The van der Waals surface area contributed by atoms with Crippen LogP contribution in [0, 0.1) is 6.92 Å². The number of carbonyl (C=O) groups is 1. The van der Waals surface area contributed by atoms with E-state index in [1.54, 1.807) is 40.6 Å². The van der Waals surface area contributed by atoms with Crippen LogP contribution in [0.25, 0.3) is 16.6 Å². The van der Waals surface area contributed by atoms with Gasteiger partial charge < -0.3 is 5.32 Å². The maximum Gasteiger partial charge on any atom is 0.266 e. The van der Waals surface area contributed by atoms with Crippen LogP contribution in [0.5, 0.6) is 0 Å². The predicted molar refractivity (Wildman–Crippen MR) is 134 cm³/mol. The van der Waals surface area contributed by atoms with Gasteiger partial charge in [0.25, 0.3) is 5.56 Å². The monoisotopic (exact) mass is 481 g/mol. The number of para-hydroxylation sites is 1. The number of aryl methyl sites for hydroxylation is 2. The van der Waals surface area contributed by atoms with Crippen LogP contribution in [0.2, 0.25) is 5.02 Å². The van der Waals surface area contributed by atoms with Crippen LogP contribution in [0.1, 0.15) is 31.0 Å². The molecule has 0 unspecified atom stereocenters. The highest BCUT2D eigenvalue weighted by atomic mass is 35.5. The number of amides is 1. The minimum atomic E-state index is -0.216. The SMILES string of the molecule is Cc1cc(NC(=O)CSc2nc3cc(Cl)ccc3c(=O)n2-c2ccccc2C(C)C)n(C)n1. The summed E-state index contributed by atoms with van der Waals surface area (Å²) in [7, 11) is 1.77. The van der Waals surface area contributed by atoms with E-state index in [1.807, 2.05) is 31.2 Å². The first-order chi connectivity index (χ1) is 15.7. The van der Waals surface area contributed by atoms with Crippen molar-refractivity contribution in [3.05, 3.63) is 75.2 Å². The number of halogens is 1. The van der Waals surface area contributed by atoms with Gasteiger partial charge in [0.1, 0.15) is 5.82 Å². The topological polar surface area (TPSA) is 81.8 Å². The van der Waals surface area contributed by atoms with E-state index in [0.29, 0.717) is 26.9 Å². The smallest absolute Gasteiger partial charge is 0.266 e. The van der Waals surface area contributed by atoms with Gasteiger partial charge in [-0.15, -0.1) is 0 Å². The van der Waals surface area contributed by atoms with Crippen molar-refractivity contribution in [1.82, 2.24) is 19.3 Å². The van der Waals surface area contributed by atoms with Gasteiger partial charge >= 0.3 is 0 Å². The molecule has 0 aliphatic rings. The van der Waals surface area contributed by atoms with Gasteiger partial charge in [0, 0.05) is 18.1 Å². The maximum absolute atomic E-state index is 13.6. The summed E-state index contributed by atoms with van der Waals surface area (Å²) in [6.07, 6.45) is 0. The Morgan fingerprint density at radius 1 is 1.18 bits per heavy atom. The second-order valence-electron chi connectivity index (χ2n) is 8.04. The molecule has 0 saturated heterocycles. The molecule has 0 radical (unpaired) electrons. The van der Waals surface area contributed by atoms with E-state index in [1.165, 1.54) is 11.8 Å². The lowest BCUT2D eigenvalue weighted by Crippen LogP contribution is -2.24. The Bertz CT molecular complexity index is 1410. The normalized spacial score (nSPS) is 11.3. The fourth-order valence-corrected chi connectivity index (χ4v) is 4.64. The zero-order valence-electron chi connectivity index (χ0n) is 18.8. The molecule has 0 spiro atoms. The first-order valence-corrected chi connectivity index (χ1v) is 11.9. The molecule has 0 aliphatic carbocycles. The second-order valence-corrected chi connectivity index (χ2v) is 9.42. The molecule has 0 bridgehead atoms. The Morgan fingerprint density at radius 2 is 1.94 bits per heavy atom. The van der Waals surface area contributed by atoms with E-state index in [0.717, 1.165) is 16.9 Å². The summed E-state index contributed by atoms with van der Waals surface area (Å²) in [5.74, 6) is 0.668. The number of fused-ring (bicyclic) bond motifs is 1. The summed E-state index contributed by atoms with van der Waals surface area (Å²) in [5.41, 5.74) is 2.89. The van der Waals surface area contributed by atoms with Crippen molar-refractivity contribution >= 4 is 46.0 Å². The fraction of sp³-hybridized carbons (Fsp3) is 0.250. The standard InChI is InChI=1S/C24H24ClN5O2S/c1-14(2)17-7-5-6-8-20(17)30-23(32)18-10-9-16(25)12-19(18)26-24(30)33-13-22(31)27-21-11-15(3)28-29(21)4/h5-12,14H,13H2,1-4H3,(H,27,31). The minimum Gasteiger partial charge on any atom is -0.310 e. The van der Waals surface area contributed by atoms with Gasteiger partial charge in [-0.25, -0.2) is 4.98 Å². The molecule has 0 fully saturated rings. The third kappa shape index (κ3) is 4.82. The number of hydrogen-bond acceptors (Lipinski definition) is 5. The van der Waals surface area contributed by atoms with E-state index >= 15 is 0 Å². The Labute approximate surface area is 200 Å². The van der Waals surface area contributed by atoms with Gasteiger partial charge in [-0.1, -0.05) is 55.4 Å². The number of hydrogen-bond donors (Lipinski definition) is 1. The Balaban J connectivity index is 1.76. The molecule has 9 heteroatoms. The molecule has 4 aromatic rings. The quantitative estimate of drug-likeness (QED) is 0.312. The third-order valence-electron chi connectivity index (χ3n) is 5.20. The fourth-order valence-electron chi connectivity index (χ4n) is 3.66. The predicted octanol–water partition coefficient (Wildman–Crippen LogP) is 4.94. The van der Waals surface area contributed by atoms with Gasteiger partial charge in [-0.3, -0.25) is 18.8 Å². The molecule has 1 amide bonds. The number of nitrogens with one attached hydrogen (secondary N) is 1. The summed E-state index contributed by atoms with van der Waals surface area (Å²) in [5, 5.41) is 8.49. The van der Waals surface area contributed by atoms with Crippen molar-refractivity contribution in [1.29, 1.82) is 0 Å². The van der Waals surface area contributed by atoms with Gasteiger partial charge in [-0.2, -0.15) is 5.10 Å². The summed E-state index contributed by atoms with van der Waals surface area (Å²) < 4.78 is 3.21. The van der Waals surface area contributed by atoms with Gasteiger partial charge in [0.2, 0.25) is 5.91 Å². The Morgan fingerprint density at radius 3 is 2.64 bits per heavy atom. The number of anilines is 1. The molecule has 7 nitrogen and oxygen atoms in total. The zero-order valence-corrected chi connectivity index (χ0v) is 20.4. The molecule has 1 N–H and O–H groups in total. The lowest BCUT2D eigenvalue weighted by atomic mass is 10.0. The number of nitrogens with zero attached hydrogens (tertiary/aromatic N) is 4. The maximum atomic E-state index is 13.6. The molecule has 2 aromatic heterocycles. The second kappa shape index (κ2) is 9.41. The van der Waals surface area contributed by atoms with Crippen LogP contribution < -0.4 is 10.9 Å². The van der Waals surface area contributed by atoms with Crippen molar-refractivity contribution in [3.8, 4) is 5.69 Å². The number of carbonyl (C=O) groups excluding carboxylic acids is 1. The molecule has 4 rings (SSSR count). The van der Waals surface area contributed by atoms with E-state index in [-0.39, 0.29) is 23.1 Å². The molecule has 0 atom stereocenters. The number of benzene rings is 2. The molecule has 170 valence electrons. The zero-order chi connectivity index (χ0) is 23.7. The van der Waals surface area contributed by atoms with Gasteiger partial charge in [-0.05, 0) is 42.7 Å². The van der Waals surface area contributed by atoms with Gasteiger partial charge in [0.05, 0.1) is 28.0 Å². The van der Waals surface area contributed by atoms with Crippen molar-refractivity contribution in [3.63, 3.8) is 0 Å². The van der Waals surface area contributed by atoms with Crippen molar-refractivity contribution in [2.75, 3.05) is 11.1 Å². The van der Waals surface area contributed by atoms with Crippen LogP contribution in [0.15, 0.2) is 58.5 Å². The number of aromatic nitrogens is 4. The number of rotatable bonds is 6. The van der Waals surface area contributed by atoms with Gasteiger partial charge in [0.15, 0.2) is 5.16 Å². The van der Waals surface area contributed by atoms with Crippen molar-refractivity contribution in [2.24, 2.45) is 7.05 Å². The molecule has 0 saturated carbocycles. The lowest BCUT2D eigenvalue weighted by Gasteiger charge is -2.18. The average Bonchev–Trinajstić information content (AvgIpc) is 3.08. The third-order valence-corrected chi connectivity index (χ3v) is 6.38. The minimum absolute atomic E-state index is 0.0760. The molecule has 0 aliphatic heterocycles. The van der Waals surface area contributed by atoms with Crippen molar-refractivity contribution in [2.45, 2.75) is 31.8 Å². The van der Waals surface area contributed by atoms with E-state index in [9.17, 15) is 9.59 Å². The Kier molecular flexibility index (Phi) is 6.58. The lowest BCUT2D eigenvalue weighted by molar-refractivity contribution is -0.113. The van der Waals surface area contributed by atoms with Crippen LogP contribution in [-0.4, -0.2) is 31.0 Å². The van der Waals surface area contributed by atoms with Crippen molar-refractivity contribution < 1.29 is 4.79 Å². The van der Waals surface area contributed by atoms with E-state index < -0.39 is 0 Å². The number of thioether (sulfide) groups is 1. The summed E-state index contributed by atoms with van der Waals surface area (Å²) >= 11 is 7.36. The highest BCUT2D eigenvalue weighted by Gasteiger charge is 2.18. The van der Waals surface area contributed by atoms with Crippen LogP contribution in [-0.2, 0) is 11.8 Å². The summed E-state index contributed by atoms with van der Waals surface area (Å²) in [6.45, 7) is 6.02. The van der Waals surface area contributed by atoms with E-state index in [2.05, 4.69) is 24.3 Å². The summed E-state index contributed by atoms with van der Waals surface area (Å²) in [4.78, 5) is 31.0. The van der Waals surface area contributed by atoms with Crippen LogP contribution >= 0.6 is 23.4 Å². The molecule has 2 heterocycles. The first kappa shape index (κ1) is 23.1. The average molecular weight is 482 g/mol. The van der Waals surface area contributed by atoms with E-state index in [4.69, 9.17) is 16.6 Å². The molecule has 2 aromatic carbocycles. The summed E-state index contributed by atoms with van der Waals surface area (Å²) in [6, 6.07) is 14.6. The van der Waals surface area contributed by atoms with Crippen LogP contribution in [0.4, 0.5) is 5.82 Å². The van der Waals surface area contributed by atoms with Crippen LogP contribution in [0.3, 0.4) is 0 Å². The highest BCUT2D eigenvalue weighted by molar-refractivity contribution is 7.99. The molecular weight excluding hydrogens is 458 g/mol.